The van der Waals surface area contributed by atoms with Gasteiger partial charge in [-0.15, -0.1) is 5.10 Å². The van der Waals surface area contributed by atoms with Gasteiger partial charge >= 0.3 is 0 Å². The summed E-state index contributed by atoms with van der Waals surface area (Å²) in [6.45, 7) is 4.31. The Morgan fingerprint density at radius 2 is 2.09 bits per heavy atom. The van der Waals surface area contributed by atoms with Crippen LogP contribution in [0.3, 0.4) is 0 Å². The number of rotatable bonds is 3. The molecule has 6 nitrogen and oxygen atoms in total. The van der Waals surface area contributed by atoms with E-state index in [1.165, 1.54) is 6.42 Å². The number of carbonyl (C=O) groups excluding carboxylic acids is 1. The highest BCUT2D eigenvalue weighted by Crippen LogP contribution is 2.29. The molecular formula is C17H22N4O2. The summed E-state index contributed by atoms with van der Waals surface area (Å²) in [6.07, 6.45) is 3.34. The molecule has 1 aliphatic rings. The smallest absolute Gasteiger partial charge is 0.278 e. The Bertz CT molecular complexity index is 771. The van der Waals surface area contributed by atoms with Crippen LogP contribution in [-0.2, 0) is 11.3 Å². The molecule has 1 heterocycles. The van der Waals surface area contributed by atoms with E-state index in [2.05, 4.69) is 29.5 Å². The van der Waals surface area contributed by atoms with Gasteiger partial charge in [-0.3, -0.25) is 9.59 Å². The van der Waals surface area contributed by atoms with E-state index in [0.717, 1.165) is 17.5 Å². The first-order chi connectivity index (χ1) is 11.1. The van der Waals surface area contributed by atoms with E-state index in [9.17, 15) is 9.59 Å². The number of carbonyl (C=O) groups is 1. The van der Waals surface area contributed by atoms with E-state index in [1.54, 1.807) is 24.3 Å². The Labute approximate surface area is 134 Å². The van der Waals surface area contributed by atoms with Crippen molar-refractivity contribution in [2.45, 2.75) is 45.7 Å². The lowest BCUT2D eigenvalue weighted by molar-refractivity contribution is -0.123. The van der Waals surface area contributed by atoms with E-state index >= 15 is 0 Å². The standard InChI is InChI=1S/C17H22N4O2/c1-11-6-5-9-14(12(11)2)18-16(22)10-21-17(23)13-7-3-4-8-15(13)19-20-21/h3-4,7-8,11-12,14H,5-6,9-10H2,1-2H3,(H,18,22). The molecule has 1 aromatic heterocycles. The normalized spacial score (nSPS) is 24.5. The first-order valence-electron chi connectivity index (χ1n) is 8.18. The fourth-order valence-corrected chi connectivity index (χ4v) is 3.30. The Morgan fingerprint density at radius 3 is 2.91 bits per heavy atom. The minimum atomic E-state index is -0.282. The second-order valence-electron chi connectivity index (χ2n) is 6.51. The summed E-state index contributed by atoms with van der Waals surface area (Å²) in [4.78, 5) is 24.6. The lowest BCUT2D eigenvalue weighted by atomic mass is 9.78. The van der Waals surface area contributed by atoms with Crippen molar-refractivity contribution >= 4 is 16.8 Å². The van der Waals surface area contributed by atoms with Gasteiger partial charge in [-0.25, -0.2) is 4.68 Å². The minimum absolute atomic E-state index is 0.0890. The van der Waals surface area contributed by atoms with Gasteiger partial charge in [0, 0.05) is 6.04 Å². The topological polar surface area (TPSA) is 76.9 Å². The molecule has 2 aromatic rings. The van der Waals surface area contributed by atoms with Crippen molar-refractivity contribution in [1.82, 2.24) is 20.3 Å². The third-order valence-corrected chi connectivity index (χ3v) is 4.98. The molecule has 3 unspecified atom stereocenters. The van der Waals surface area contributed by atoms with E-state index in [1.807, 2.05) is 0 Å². The summed E-state index contributed by atoms with van der Waals surface area (Å²) >= 11 is 0. The number of fused-ring (bicyclic) bond motifs is 1. The van der Waals surface area contributed by atoms with Crippen LogP contribution in [0.5, 0.6) is 0 Å². The van der Waals surface area contributed by atoms with Crippen molar-refractivity contribution < 1.29 is 4.79 Å². The Balaban J connectivity index is 1.73. The number of amides is 1. The molecule has 122 valence electrons. The average molecular weight is 314 g/mol. The molecule has 3 rings (SSSR count). The predicted molar refractivity (Wildman–Crippen MR) is 87.9 cm³/mol. The molecule has 1 N–H and O–H groups in total. The van der Waals surface area contributed by atoms with E-state index < -0.39 is 0 Å². The van der Waals surface area contributed by atoms with Crippen LogP contribution in [-0.4, -0.2) is 26.9 Å². The SMILES string of the molecule is CC1CCCC(NC(=O)Cn2nnc3ccccc3c2=O)C1C. The molecule has 1 amide bonds. The van der Waals surface area contributed by atoms with Crippen molar-refractivity contribution in [2.24, 2.45) is 11.8 Å². The Kier molecular flexibility index (Phi) is 4.41. The maximum atomic E-state index is 12.4. The molecular weight excluding hydrogens is 292 g/mol. The largest absolute Gasteiger partial charge is 0.351 e. The highest BCUT2D eigenvalue weighted by Gasteiger charge is 2.28. The third kappa shape index (κ3) is 3.25. The molecule has 23 heavy (non-hydrogen) atoms. The van der Waals surface area contributed by atoms with Gasteiger partial charge in [-0.05, 0) is 30.4 Å². The van der Waals surface area contributed by atoms with Gasteiger partial charge in [-0.2, -0.15) is 0 Å². The van der Waals surface area contributed by atoms with E-state index in [0.29, 0.717) is 22.7 Å². The lowest BCUT2D eigenvalue weighted by Gasteiger charge is -2.34. The zero-order valence-corrected chi connectivity index (χ0v) is 13.5. The fourth-order valence-electron chi connectivity index (χ4n) is 3.30. The Hall–Kier alpha value is -2.24. The molecule has 0 aliphatic heterocycles. The maximum absolute atomic E-state index is 12.4. The zero-order chi connectivity index (χ0) is 16.4. The molecule has 0 saturated heterocycles. The third-order valence-electron chi connectivity index (χ3n) is 4.98. The van der Waals surface area contributed by atoms with Crippen molar-refractivity contribution in [3.8, 4) is 0 Å². The summed E-state index contributed by atoms with van der Waals surface area (Å²) in [5.41, 5.74) is 0.264. The second kappa shape index (κ2) is 6.48. The molecule has 1 saturated carbocycles. The predicted octanol–water partition coefficient (Wildman–Crippen LogP) is 1.73. The monoisotopic (exact) mass is 314 g/mol. The van der Waals surface area contributed by atoms with Gasteiger partial charge in [0.25, 0.3) is 5.56 Å². The molecule has 1 aromatic carbocycles. The minimum Gasteiger partial charge on any atom is -0.351 e. The van der Waals surface area contributed by atoms with Crippen LogP contribution in [0.4, 0.5) is 0 Å². The second-order valence-corrected chi connectivity index (χ2v) is 6.51. The Morgan fingerprint density at radius 1 is 1.30 bits per heavy atom. The number of aromatic nitrogens is 3. The quantitative estimate of drug-likeness (QED) is 0.936. The van der Waals surface area contributed by atoms with Crippen LogP contribution in [0.2, 0.25) is 0 Å². The van der Waals surface area contributed by atoms with Crippen LogP contribution in [0.1, 0.15) is 33.1 Å². The first kappa shape index (κ1) is 15.6. The van der Waals surface area contributed by atoms with Crippen LogP contribution < -0.4 is 10.9 Å². The number of hydrogen-bond acceptors (Lipinski definition) is 4. The van der Waals surface area contributed by atoms with Crippen molar-refractivity contribution in [3.63, 3.8) is 0 Å². The summed E-state index contributed by atoms with van der Waals surface area (Å²) in [7, 11) is 0. The van der Waals surface area contributed by atoms with Gasteiger partial charge in [0.15, 0.2) is 0 Å². The number of hydrogen-bond donors (Lipinski definition) is 1. The summed E-state index contributed by atoms with van der Waals surface area (Å²) in [6, 6.07) is 7.20. The van der Waals surface area contributed by atoms with Gasteiger partial charge in [-0.1, -0.05) is 44.0 Å². The molecule has 3 atom stereocenters. The molecule has 1 aliphatic carbocycles. The van der Waals surface area contributed by atoms with Crippen molar-refractivity contribution in [3.05, 3.63) is 34.6 Å². The highest BCUT2D eigenvalue weighted by molar-refractivity contribution is 5.78. The van der Waals surface area contributed by atoms with Crippen LogP contribution in [0.25, 0.3) is 10.9 Å². The number of nitrogens with zero attached hydrogens (tertiary/aromatic N) is 3. The fraction of sp³-hybridized carbons (Fsp3) is 0.529. The van der Waals surface area contributed by atoms with Crippen LogP contribution in [0.15, 0.2) is 29.1 Å². The van der Waals surface area contributed by atoms with Gasteiger partial charge in [0.05, 0.1) is 5.39 Å². The summed E-state index contributed by atoms with van der Waals surface area (Å²) < 4.78 is 1.13. The van der Waals surface area contributed by atoms with Crippen LogP contribution in [0, 0.1) is 11.8 Å². The van der Waals surface area contributed by atoms with Gasteiger partial charge in [0.2, 0.25) is 5.91 Å². The molecule has 0 radical (unpaired) electrons. The highest BCUT2D eigenvalue weighted by atomic mass is 16.2. The molecule has 6 heteroatoms. The van der Waals surface area contributed by atoms with Crippen molar-refractivity contribution in [1.29, 1.82) is 0 Å². The average Bonchev–Trinajstić information content (AvgIpc) is 2.55. The van der Waals surface area contributed by atoms with E-state index in [4.69, 9.17) is 0 Å². The molecule has 0 spiro atoms. The summed E-state index contributed by atoms with van der Waals surface area (Å²) in [5, 5.41) is 11.4. The zero-order valence-electron chi connectivity index (χ0n) is 13.5. The van der Waals surface area contributed by atoms with Gasteiger partial charge < -0.3 is 5.32 Å². The lowest BCUT2D eigenvalue weighted by Crippen LogP contribution is -2.45. The van der Waals surface area contributed by atoms with Crippen LogP contribution >= 0.6 is 0 Å². The number of nitrogens with one attached hydrogen (secondary N) is 1. The maximum Gasteiger partial charge on any atom is 0.278 e. The van der Waals surface area contributed by atoms with Crippen molar-refractivity contribution in [2.75, 3.05) is 0 Å². The number of benzene rings is 1. The molecule has 1 fully saturated rings. The summed E-state index contributed by atoms with van der Waals surface area (Å²) in [5.74, 6) is 0.881. The molecule has 0 bridgehead atoms. The first-order valence-corrected chi connectivity index (χ1v) is 8.18. The van der Waals surface area contributed by atoms with Gasteiger partial charge in [0.1, 0.15) is 12.1 Å². The van der Waals surface area contributed by atoms with E-state index in [-0.39, 0.29) is 24.1 Å².